The lowest BCUT2D eigenvalue weighted by atomic mass is 10.0. The highest BCUT2D eigenvalue weighted by molar-refractivity contribution is 7.80. The van der Waals surface area contributed by atoms with Gasteiger partial charge in [0.2, 0.25) is 0 Å². The van der Waals surface area contributed by atoms with Crippen molar-refractivity contribution in [1.82, 2.24) is 0 Å². The molecule has 0 aliphatic heterocycles. The van der Waals surface area contributed by atoms with Crippen molar-refractivity contribution in [3.63, 3.8) is 0 Å². The fraction of sp³-hybridized carbons (Fsp3) is 0. The molecule has 0 bridgehead atoms. The summed E-state index contributed by atoms with van der Waals surface area (Å²) in [4.78, 5) is 13.7. The van der Waals surface area contributed by atoms with Gasteiger partial charge in [-0.05, 0) is 24.3 Å². The Morgan fingerprint density at radius 1 is 0.812 bits per heavy atom. The number of benzene rings is 2. The molecule has 0 unspecified atom stereocenters. The summed E-state index contributed by atoms with van der Waals surface area (Å²) >= 11 is 8.43. The van der Waals surface area contributed by atoms with Crippen LogP contribution in [0.25, 0.3) is 0 Å². The van der Waals surface area contributed by atoms with Crippen molar-refractivity contribution in [1.29, 1.82) is 0 Å². The summed E-state index contributed by atoms with van der Waals surface area (Å²) in [7, 11) is 0. The van der Waals surface area contributed by atoms with Crippen LogP contribution in [0.2, 0.25) is 0 Å². The summed E-state index contributed by atoms with van der Waals surface area (Å²) in [6.07, 6.45) is 0. The third kappa shape index (κ3) is 2.49. The van der Waals surface area contributed by atoms with E-state index in [0.29, 0.717) is 11.1 Å². The van der Waals surface area contributed by atoms with E-state index in [2.05, 4.69) is 25.3 Å². The molecule has 0 amide bonds. The van der Waals surface area contributed by atoms with Crippen LogP contribution in [0.15, 0.2) is 58.3 Å². The third-order valence-corrected chi connectivity index (χ3v) is 2.77. The van der Waals surface area contributed by atoms with E-state index >= 15 is 0 Å². The Balaban J connectivity index is 2.39. The van der Waals surface area contributed by atoms with Crippen LogP contribution in [-0.4, -0.2) is 5.78 Å². The maximum absolute atomic E-state index is 12.1. The van der Waals surface area contributed by atoms with Gasteiger partial charge in [-0.3, -0.25) is 4.79 Å². The van der Waals surface area contributed by atoms with Crippen LogP contribution in [-0.2, 0) is 0 Å². The van der Waals surface area contributed by atoms with Crippen LogP contribution < -0.4 is 0 Å². The molecule has 0 aliphatic rings. The van der Waals surface area contributed by atoms with Crippen molar-refractivity contribution in [2.24, 2.45) is 0 Å². The molecule has 2 aromatic carbocycles. The van der Waals surface area contributed by atoms with E-state index in [-0.39, 0.29) is 5.78 Å². The SMILES string of the molecule is O=C(c1cccc(S)c1)c1cccc(S)c1. The van der Waals surface area contributed by atoms with E-state index < -0.39 is 0 Å². The van der Waals surface area contributed by atoms with Gasteiger partial charge in [0.15, 0.2) is 5.78 Å². The molecule has 3 heteroatoms. The van der Waals surface area contributed by atoms with E-state index in [4.69, 9.17) is 0 Å². The van der Waals surface area contributed by atoms with E-state index in [9.17, 15) is 4.79 Å². The molecule has 16 heavy (non-hydrogen) atoms. The first-order valence-corrected chi connectivity index (χ1v) is 5.69. The molecule has 2 rings (SSSR count). The first-order chi connectivity index (χ1) is 7.66. The van der Waals surface area contributed by atoms with Gasteiger partial charge in [0, 0.05) is 20.9 Å². The molecule has 0 atom stereocenters. The van der Waals surface area contributed by atoms with Gasteiger partial charge in [-0.25, -0.2) is 0 Å². The zero-order chi connectivity index (χ0) is 11.5. The molecule has 0 aromatic heterocycles. The van der Waals surface area contributed by atoms with Crippen molar-refractivity contribution in [2.75, 3.05) is 0 Å². The zero-order valence-electron chi connectivity index (χ0n) is 8.42. The van der Waals surface area contributed by atoms with Gasteiger partial charge in [-0.2, -0.15) is 0 Å². The van der Waals surface area contributed by atoms with Gasteiger partial charge in [-0.15, -0.1) is 25.3 Å². The summed E-state index contributed by atoms with van der Waals surface area (Å²) in [6.45, 7) is 0. The second kappa shape index (κ2) is 4.76. The Morgan fingerprint density at radius 3 is 1.62 bits per heavy atom. The lowest BCUT2D eigenvalue weighted by molar-refractivity contribution is 0.103. The average molecular weight is 246 g/mol. The molecule has 80 valence electrons. The van der Waals surface area contributed by atoms with E-state index in [1.165, 1.54) is 0 Å². The fourth-order valence-electron chi connectivity index (χ4n) is 1.46. The number of carbonyl (C=O) groups is 1. The number of carbonyl (C=O) groups excluding carboxylic acids is 1. The third-order valence-electron chi connectivity index (χ3n) is 2.22. The molecular weight excluding hydrogens is 236 g/mol. The van der Waals surface area contributed by atoms with Crippen molar-refractivity contribution < 1.29 is 4.79 Å². The average Bonchev–Trinajstić information content (AvgIpc) is 2.28. The predicted octanol–water partition coefficient (Wildman–Crippen LogP) is 3.50. The van der Waals surface area contributed by atoms with Crippen LogP contribution >= 0.6 is 25.3 Å². The van der Waals surface area contributed by atoms with Crippen LogP contribution in [0.1, 0.15) is 15.9 Å². The first-order valence-electron chi connectivity index (χ1n) is 4.79. The Kier molecular flexibility index (Phi) is 3.36. The van der Waals surface area contributed by atoms with Gasteiger partial charge in [-0.1, -0.05) is 24.3 Å². The quantitative estimate of drug-likeness (QED) is 0.612. The number of ketones is 1. The van der Waals surface area contributed by atoms with Crippen LogP contribution in [0.5, 0.6) is 0 Å². The topological polar surface area (TPSA) is 17.1 Å². The smallest absolute Gasteiger partial charge is 0.193 e. The Morgan fingerprint density at radius 2 is 1.25 bits per heavy atom. The summed E-state index contributed by atoms with van der Waals surface area (Å²) in [5, 5.41) is 0. The van der Waals surface area contributed by atoms with Crippen molar-refractivity contribution in [3.05, 3.63) is 59.7 Å². The van der Waals surface area contributed by atoms with E-state index in [0.717, 1.165) is 9.79 Å². The predicted molar refractivity (Wildman–Crippen MR) is 70.8 cm³/mol. The summed E-state index contributed by atoms with van der Waals surface area (Å²) in [5.74, 6) is -0.00759. The molecule has 0 fully saturated rings. The monoisotopic (exact) mass is 246 g/mol. The Hall–Kier alpha value is -1.19. The molecule has 0 radical (unpaired) electrons. The minimum Gasteiger partial charge on any atom is -0.289 e. The van der Waals surface area contributed by atoms with Crippen LogP contribution in [0.4, 0.5) is 0 Å². The zero-order valence-corrected chi connectivity index (χ0v) is 10.2. The summed E-state index contributed by atoms with van der Waals surface area (Å²) in [5.41, 5.74) is 1.29. The number of thiol groups is 2. The molecule has 2 aromatic rings. The Bertz CT molecular complexity index is 487. The largest absolute Gasteiger partial charge is 0.289 e. The van der Waals surface area contributed by atoms with Gasteiger partial charge >= 0.3 is 0 Å². The minimum atomic E-state index is -0.00759. The second-order valence-corrected chi connectivity index (χ2v) is 4.46. The van der Waals surface area contributed by atoms with Gasteiger partial charge < -0.3 is 0 Å². The normalized spacial score (nSPS) is 10.1. The molecule has 0 spiro atoms. The molecule has 0 saturated carbocycles. The molecular formula is C13H10OS2. The molecule has 1 nitrogen and oxygen atoms in total. The standard InChI is InChI=1S/C13H10OS2/c14-13(9-3-1-5-11(15)7-9)10-4-2-6-12(16)8-10/h1-8,15-16H. The maximum atomic E-state index is 12.1. The van der Waals surface area contributed by atoms with Crippen LogP contribution in [0.3, 0.4) is 0 Å². The lowest BCUT2D eigenvalue weighted by Crippen LogP contribution is -2.00. The maximum Gasteiger partial charge on any atom is 0.193 e. The fourth-order valence-corrected chi connectivity index (χ4v) is 1.91. The first kappa shape index (κ1) is 11.3. The summed E-state index contributed by atoms with van der Waals surface area (Å²) in [6, 6.07) is 14.4. The molecule has 0 heterocycles. The van der Waals surface area contributed by atoms with E-state index in [1.54, 1.807) is 24.3 Å². The van der Waals surface area contributed by atoms with Crippen LogP contribution in [0, 0.1) is 0 Å². The number of hydrogen-bond donors (Lipinski definition) is 2. The molecule has 0 aliphatic carbocycles. The van der Waals surface area contributed by atoms with Gasteiger partial charge in [0.1, 0.15) is 0 Å². The highest BCUT2D eigenvalue weighted by Gasteiger charge is 2.08. The molecule has 0 saturated heterocycles. The van der Waals surface area contributed by atoms with Crippen molar-refractivity contribution >= 4 is 31.0 Å². The Labute approximate surface area is 105 Å². The van der Waals surface area contributed by atoms with E-state index in [1.807, 2.05) is 24.3 Å². The van der Waals surface area contributed by atoms with Gasteiger partial charge in [0.05, 0.1) is 0 Å². The number of rotatable bonds is 2. The van der Waals surface area contributed by atoms with Crippen molar-refractivity contribution in [2.45, 2.75) is 9.79 Å². The number of hydrogen-bond acceptors (Lipinski definition) is 3. The highest BCUT2D eigenvalue weighted by atomic mass is 32.1. The van der Waals surface area contributed by atoms with Gasteiger partial charge in [0.25, 0.3) is 0 Å². The second-order valence-electron chi connectivity index (χ2n) is 3.43. The van der Waals surface area contributed by atoms with Crippen molar-refractivity contribution in [3.8, 4) is 0 Å². The molecule has 0 N–H and O–H groups in total. The highest BCUT2D eigenvalue weighted by Crippen LogP contribution is 2.16. The lowest BCUT2D eigenvalue weighted by Gasteiger charge is -2.02. The minimum absolute atomic E-state index is 0.00759. The summed E-state index contributed by atoms with van der Waals surface area (Å²) < 4.78 is 0.